The summed E-state index contributed by atoms with van der Waals surface area (Å²) in [5.41, 5.74) is 13.4. The topological polar surface area (TPSA) is 3.24 Å². The zero-order valence-corrected chi connectivity index (χ0v) is 30.1. The van der Waals surface area contributed by atoms with E-state index in [9.17, 15) is 0 Å². The number of hydrogen-bond acceptors (Lipinski definition) is 2. The molecule has 0 spiro atoms. The summed E-state index contributed by atoms with van der Waals surface area (Å²) in [5.74, 6) is 0. The molecule has 0 atom stereocenters. The molecule has 0 aliphatic heterocycles. The highest BCUT2D eigenvalue weighted by molar-refractivity contribution is 7.18. The molecule has 0 amide bonds. The van der Waals surface area contributed by atoms with Crippen LogP contribution in [0.5, 0.6) is 0 Å². The molecule has 9 rings (SSSR count). The van der Waals surface area contributed by atoms with Gasteiger partial charge < -0.3 is 4.90 Å². The quantitative estimate of drug-likeness (QED) is 0.151. The van der Waals surface area contributed by atoms with Crippen LogP contribution in [0.3, 0.4) is 0 Å². The number of aryl methyl sites for hydroxylation is 2. The molecule has 0 N–H and O–H groups in total. The summed E-state index contributed by atoms with van der Waals surface area (Å²) in [7, 11) is 0. The molecule has 0 aliphatic rings. The SMILES string of the molecule is Cc1ccc(N(c2ccc(C)cc2)c2ccc(-c3c4ccccc4c(-c4cccc(-c5ccc(-c6ccccc6)s5)c4)c4ccccc34)cc2)cc1. The van der Waals surface area contributed by atoms with Gasteiger partial charge in [-0.3, -0.25) is 0 Å². The van der Waals surface area contributed by atoms with Crippen molar-refractivity contribution in [3.63, 3.8) is 0 Å². The summed E-state index contributed by atoms with van der Waals surface area (Å²) in [4.78, 5) is 4.90. The number of benzene rings is 8. The Balaban J connectivity index is 1.16. The van der Waals surface area contributed by atoms with Gasteiger partial charge in [0, 0.05) is 26.8 Å². The van der Waals surface area contributed by atoms with E-state index in [1.165, 1.54) is 75.8 Å². The molecule has 0 unspecified atom stereocenters. The summed E-state index contributed by atoms with van der Waals surface area (Å²) < 4.78 is 0. The summed E-state index contributed by atoms with van der Waals surface area (Å²) in [6.07, 6.45) is 0. The summed E-state index contributed by atoms with van der Waals surface area (Å²) in [5, 5.41) is 5.03. The van der Waals surface area contributed by atoms with Crippen LogP contribution in [0.15, 0.2) is 188 Å². The Hall–Kier alpha value is -6.22. The fraction of sp³-hybridized carbons (Fsp3) is 0.0400. The van der Waals surface area contributed by atoms with Crippen LogP contribution in [0.4, 0.5) is 17.1 Å². The Labute approximate surface area is 309 Å². The average molecular weight is 684 g/mol. The lowest BCUT2D eigenvalue weighted by molar-refractivity contribution is 1.27. The molecule has 248 valence electrons. The minimum absolute atomic E-state index is 1.13. The monoisotopic (exact) mass is 683 g/mol. The Morgan fingerprint density at radius 3 is 1.25 bits per heavy atom. The van der Waals surface area contributed by atoms with Crippen molar-refractivity contribution in [1.82, 2.24) is 0 Å². The highest BCUT2D eigenvalue weighted by Crippen LogP contribution is 2.45. The highest BCUT2D eigenvalue weighted by Gasteiger charge is 2.18. The second kappa shape index (κ2) is 13.5. The van der Waals surface area contributed by atoms with Gasteiger partial charge in [0.05, 0.1) is 0 Å². The maximum Gasteiger partial charge on any atom is 0.0462 e. The van der Waals surface area contributed by atoms with Crippen LogP contribution >= 0.6 is 11.3 Å². The fourth-order valence-corrected chi connectivity index (χ4v) is 8.45. The third-order valence-corrected chi connectivity index (χ3v) is 11.2. The first kappa shape index (κ1) is 31.7. The van der Waals surface area contributed by atoms with E-state index in [4.69, 9.17) is 0 Å². The van der Waals surface area contributed by atoms with Crippen molar-refractivity contribution >= 4 is 49.9 Å². The second-order valence-electron chi connectivity index (χ2n) is 13.5. The maximum absolute atomic E-state index is 2.37. The van der Waals surface area contributed by atoms with Gasteiger partial charge in [0.1, 0.15) is 0 Å². The van der Waals surface area contributed by atoms with Gasteiger partial charge in [-0.2, -0.15) is 0 Å². The van der Waals surface area contributed by atoms with Crippen molar-refractivity contribution < 1.29 is 0 Å². The van der Waals surface area contributed by atoms with Crippen LogP contribution in [0, 0.1) is 13.8 Å². The standard InChI is InChI=1S/C50H37NS/c1-34-19-25-40(26-20-34)51(41-27-21-35(2)22-28-41)42-29-23-37(24-30-42)49-43-15-6-8-17-45(43)50(46-18-9-7-16-44(46)49)39-14-10-13-38(33-39)48-32-31-47(52-48)36-11-4-3-5-12-36/h3-33H,1-2H3. The molecular formula is C50H37NS. The van der Waals surface area contributed by atoms with E-state index < -0.39 is 0 Å². The van der Waals surface area contributed by atoms with Gasteiger partial charge in [-0.25, -0.2) is 0 Å². The molecule has 9 aromatic rings. The summed E-state index contributed by atoms with van der Waals surface area (Å²) in [6, 6.07) is 68.7. The van der Waals surface area contributed by atoms with Crippen molar-refractivity contribution in [2.45, 2.75) is 13.8 Å². The van der Waals surface area contributed by atoms with Gasteiger partial charge in [-0.15, -0.1) is 11.3 Å². The first-order valence-corrected chi connectivity index (χ1v) is 18.7. The van der Waals surface area contributed by atoms with Gasteiger partial charge in [0.15, 0.2) is 0 Å². The maximum atomic E-state index is 2.37. The molecular weight excluding hydrogens is 647 g/mol. The molecule has 0 radical (unpaired) electrons. The number of hydrogen-bond donors (Lipinski definition) is 0. The predicted octanol–water partition coefficient (Wildman–Crippen LogP) is 14.8. The molecule has 0 fully saturated rings. The highest BCUT2D eigenvalue weighted by atomic mass is 32.1. The lowest BCUT2D eigenvalue weighted by Crippen LogP contribution is -2.09. The van der Waals surface area contributed by atoms with Crippen LogP contribution in [0.2, 0.25) is 0 Å². The molecule has 0 bridgehead atoms. The second-order valence-corrected chi connectivity index (χ2v) is 14.6. The summed E-state index contributed by atoms with van der Waals surface area (Å²) in [6.45, 7) is 4.27. The van der Waals surface area contributed by atoms with Crippen molar-refractivity contribution in [3.8, 4) is 43.1 Å². The smallest absolute Gasteiger partial charge is 0.0462 e. The molecule has 1 nitrogen and oxygen atoms in total. The lowest BCUT2D eigenvalue weighted by Gasteiger charge is -2.26. The number of nitrogens with zero attached hydrogens (tertiary/aromatic N) is 1. The van der Waals surface area contributed by atoms with Crippen LogP contribution in [0.25, 0.3) is 64.7 Å². The van der Waals surface area contributed by atoms with Gasteiger partial charge in [-0.1, -0.05) is 145 Å². The van der Waals surface area contributed by atoms with Crippen molar-refractivity contribution in [2.24, 2.45) is 0 Å². The van der Waals surface area contributed by atoms with Crippen molar-refractivity contribution in [1.29, 1.82) is 0 Å². The van der Waals surface area contributed by atoms with E-state index in [0.717, 1.165) is 17.1 Å². The Morgan fingerprint density at radius 2 is 0.731 bits per heavy atom. The number of fused-ring (bicyclic) bond motifs is 2. The van der Waals surface area contributed by atoms with Crippen LogP contribution < -0.4 is 4.90 Å². The predicted molar refractivity (Wildman–Crippen MR) is 225 cm³/mol. The molecule has 1 aromatic heterocycles. The zero-order valence-electron chi connectivity index (χ0n) is 29.3. The average Bonchev–Trinajstić information content (AvgIpc) is 3.70. The Kier molecular flexibility index (Phi) is 8.23. The third kappa shape index (κ3) is 5.88. The van der Waals surface area contributed by atoms with E-state index in [0.29, 0.717) is 0 Å². The number of anilines is 3. The minimum Gasteiger partial charge on any atom is -0.311 e. The zero-order chi connectivity index (χ0) is 35.0. The van der Waals surface area contributed by atoms with E-state index in [-0.39, 0.29) is 0 Å². The molecule has 52 heavy (non-hydrogen) atoms. The third-order valence-electron chi connectivity index (χ3n) is 10.0. The van der Waals surface area contributed by atoms with Crippen molar-refractivity contribution in [3.05, 3.63) is 199 Å². The fourth-order valence-electron chi connectivity index (χ4n) is 7.44. The molecule has 2 heteroatoms. The van der Waals surface area contributed by atoms with Gasteiger partial charge in [0.25, 0.3) is 0 Å². The number of thiophene rings is 1. The first-order valence-electron chi connectivity index (χ1n) is 17.8. The van der Waals surface area contributed by atoms with E-state index in [2.05, 4.69) is 207 Å². The van der Waals surface area contributed by atoms with E-state index in [1.54, 1.807) is 0 Å². The Bertz CT molecular complexity index is 2570. The molecule has 1 heterocycles. The van der Waals surface area contributed by atoms with Crippen molar-refractivity contribution in [2.75, 3.05) is 4.90 Å². The van der Waals surface area contributed by atoms with Crippen LogP contribution in [-0.2, 0) is 0 Å². The summed E-state index contributed by atoms with van der Waals surface area (Å²) >= 11 is 1.85. The molecule has 0 aliphatic carbocycles. The normalized spacial score (nSPS) is 11.3. The first-order chi connectivity index (χ1) is 25.6. The largest absolute Gasteiger partial charge is 0.311 e. The van der Waals surface area contributed by atoms with Crippen LogP contribution in [0.1, 0.15) is 11.1 Å². The molecule has 0 saturated carbocycles. The Morgan fingerprint density at radius 1 is 0.327 bits per heavy atom. The molecule has 8 aromatic carbocycles. The number of rotatable bonds is 7. The van der Waals surface area contributed by atoms with Gasteiger partial charge >= 0.3 is 0 Å². The van der Waals surface area contributed by atoms with E-state index in [1.807, 2.05) is 11.3 Å². The van der Waals surface area contributed by atoms with E-state index >= 15 is 0 Å². The van der Waals surface area contributed by atoms with Crippen LogP contribution in [-0.4, -0.2) is 0 Å². The van der Waals surface area contributed by atoms with Gasteiger partial charge in [0.2, 0.25) is 0 Å². The minimum atomic E-state index is 1.13. The van der Waals surface area contributed by atoms with Gasteiger partial charge in [-0.05, 0) is 123 Å². The lowest BCUT2D eigenvalue weighted by atomic mass is 9.85. The molecule has 0 saturated heterocycles.